The van der Waals surface area contributed by atoms with Crippen LogP contribution in [0.5, 0.6) is 0 Å². The van der Waals surface area contributed by atoms with Crippen molar-refractivity contribution in [2.24, 2.45) is 5.41 Å². The highest BCUT2D eigenvalue weighted by Gasteiger charge is 2.22. The van der Waals surface area contributed by atoms with E-state index in [0.717, 1.165) is 11.8 Å². The van der Waals surface area contributed by atoms with E-state index in [9.17, 15) is 9.59 Å². The van der Waals surface area contributed by atoms with Crippen LogP contribution in [0.2, 0.25) is 0 Å². The lowest BCUT2D eigenvalue weighted by Crippen LogP contribution is -2.24. The Morgan fingerprint density at radius 2 is 1.67 bits per heavy atom. The van der Waals surface area contributed by atoms with Gasteiger partial charge >= 0.3 is 11.3 Å². The molecular weight excluding hydrogens is 216 g/mol. The lowest BCUT2D eigenvalue weighted by Gasteiger charge is -2.16. The van der Waals surface area contributed by atoms with Crippen LogP contribution in [0.1, 0.15) is 27.7 Å². The van der Waals surface area contributed by atoms with Gasteiger partial charge in [0.2, 0.25) is 0 Å². The molecule has 0 saturated carbocycles. The fraction of sp³-hybridized carbons (Fsp3) is 0.800. The third-order valence-electron chi connectivity index (χ3n) is 1.41. The van der Waals surface area contributed by atoms with E-state index in [1.807, 2.05) is 6.92 Å². The van der Waals surface area contributed by atoms with Gasteiger partial charge in [0.25, 0.3) is 0 Å². The highest BCUT2D eigenvalue weighted by molar-refractivity contribution is 8.13. The van der Waals surface area contributed by atoms with Crippen LogP contribution in [0.25, 0.3) is 0 Å². The molecule has 0 N–H and O–H groups in total. The first-order valence-corrected chi connectivity index (χ1v) is 5.83. The van der Waals surface area contributed by atoms with E-state index in [0.29, 0.717) is 5.75 Å². The Bertz CT molecular complexity index is 220. The van der Waals surface area contributed by atoms with Crippen molar-refractivity contribution in [2.75, 3.05) is 19.0 Å². The Morgan fingerprint density at radius 1 is 1.13 bits per heavy atom. The fourth-order valence-corrected chi connectivity index (χ4v) is 1.04. The first-order chi connectivity index (χ1) is 6.88. The molecule has 0 spiro atoms. The predicted molar refractivity (Wildman–Crippen MR) is 59.9 cm³/mol. The van der Waals surface area contributed by atoms with Gasteiger partial charge in [0.05, 0.1) is 5.41 Å². The third-order valence-corrected chi connectivity index (χ3v) is 2.05. The number of thioether (sulfide) groups is 1. The summed E-state index contributed by atoms with van der Waals surface area (Å²) in [5, 5.41) is -0.329. The van der Waals surface area contributed by atoms with Gasteiger partial charge in [-0.3, -0.25) is 4.79 Å². The average molecular weight is 234 g/mol. The van der Waals surface area contributed by atoms with Crippen LogP contribution in [0.4, 0.5) is 4.79 Å². The van der Waals surface area contributed by atoms with Gasteiger partial charge in [-0.05, 0) is 32.5 Å². The summed E-state index contributed by atoms with van der Waals surface area (Å²) < 4.78 is 9.70. The molecule has 15 heavy (non-hydrogen) atoms. The van der Waals surface area contributed by atoms with Gasteiger partial charge in [-0.25, -0.2) is 4.79 Å². The van der Waals surface area contributed by atoms with Crippen LogP contribution in [0.15, 0.2) is 0 Å². The van der Waals surface area contributed by atoms with Crippen LogP contribution in [-0.4, -0.2) is 30.2 Å². The standard InChI is InChI=1S/C10H18O4S/c1-5-15-9(12)14-7-6-13-8(11)10(2,3)4/h5-7H2,1-4H3. The molecule has 88 valence electrons. The van der Waals surface area contributed by atoms with Crippen LogP contribution in [-0.2, 0) is 14.3 Å². The maximum absolute atomic E-state index is 11.3. The second kappa shape index (κ2) is 6.71. The van der Waals surface area contributed by atoms with Crippen LogP contribution in [0.3, 0.4) is 0 Å². The molecular formula is C10H18O4S. The van der Waals surface area contributed by atoms with Crippen molar-refractivity contribution in [1.29, 1.82) is 0 Å². The maximum atomic E-state index is 11.3. The Morgan fingerprint density at radius 3 is 2.13 bits per heavy atom. The van der Waals surface area contributed by atoms with E-state index >= 15 is 0 Å². The van der Waals surface area contributed by atoms with E-state index in [-0.39, 0.29) is 24.5 Å². The molecule has 4 nitrogen and oxygen atoms in total. The summed E-state index contributed by atoms with van der Waals surface area (Å²) in [6.07, 6.45) is 0. The van der Waals surface area contributed by atoms with E-state index in [2.05, 4.69) is 0 Å². The zero-order valence-electron chi connectivity index (χ0n) is 9.66. The zero-order valence-corrected chi connectivity index (χ0v) is 10.5. The first-order valence-electron chi connectivity index (χ1n) is 4.84. The smallest absolute Gasteiger partial charge is 0.367 e. The number of ether oxygens (including phenoxy) is 2. The van der Waals surface area contributed by atoms with Crippen molar-refractivity contribution in [3.63, 3.8) is 0 Å². The Labute approximate surface area is 94.7 Å². The number of rotatable bonds is 4. The summed E-state index contributed by atoms with van der Waals surface area (Å²) in [5.41, 5.74) is -0.512. The second-order valence-corrected chi connectivity index (χ2v) is 5.12. The predicted octanol–water partition coefficient (Wildman–Crippen LogP) is 2.47. The van der Waals surface area contributed by atoms with Gasteiger partial charge < -0.3 is 9.47 Å². The first kappa shape index (κ1) is 14.3. The third kappa shape index (κ3) is 7.25. The van der Waals surface area contributed by atoms with Gasteiger partial charge in [-0.1, -0.05) is 6.92 Å². The number of hydrogen-bond donors (Lipinski definition) is 0. The number of carbonyl (C=O) groups is 2. The van der Waals surface area contributed by atoms with Crippen molar-refractivity contribution >= 4 is 23.0 Å². The highest BCUT2D eigenvalue weighted by Crippen LogP contribution is 2.14. The molecule has 0 atom stereocenters. The van der Waals surface area contributed by atoms with Gasteiger partial charge in [-0.2, -0.15) is 0 Å². The lowest BCUT2D eigenvalue weighted by molar-refractivity contribution is -0.153. The quantitative estimate of drug-likeness (QED) is 0.552. The summed E-state index contributed by atoms with van der Waals surface area (Å²) in [6.45, 7) is 7.42. The molecule has 0 aromatic heterocycles. The molecule has 0 amide bonds. The monoisotopic (exact) mass is 234 g/mol. The second-order valence-electron chi connectivity index (χ2n) is 3.92. The van der Waals surface area contributed by atoms with Gasteiger partial charge in [-0.15, -0.1) is 0 Å². The molecule has 0 aromatic rings. The SMILES string of the molecule is CCSC(=O)OCCOC(=O)C(C)(C)C. The van der Waals surface area contributed by atoms with Crippen molar-refractivity contribution in [3.8, 4) is 0 Å². The van der Waals surface area contributed by atoms with Crippen molar-refractivity contribution in [3.05, 3.63) is 0 Å². The Balaban J connectivity index is 3.55. The highest BCUT2D eigenvalue weighted by atomic mass is 32.2. The number of carbonyl (C=O) groups excluding carboxylic acids is 2. The Hall–Kier alpha value is -0.710. The summed E-state index contributed by atoms with van der Waals surface area (Å²) in [4.78, 5) is 22.2. The normalized spacial score (nSPS) is 10.9. The zero-order chi connectivity index (χ0) is 11.9. The van der Waals surface area contributed by atoms with Gasteiger partial charge in [0.15, 0.2) is 0 Å². The Kier molecular flexibility index (Phi) is 6.40. The summed E-state index contributed by atoms with van der Waals surface area (Å²) in [6, 6.07) is 0. The van der Waals surface area contributed by atoms with Gasteiger partial charge in [0.1, 0.15) is 13.2 Å². The van der Waals surface area contributed by atoms with E-state index in [1.54, 1.807) is 20.8 Å². The van der Waals surface area contributed by atoms with Crippen LogP contribution < -0.4 is 0 Å². The molecule has 0 rings (SSSR count). The fourth-order valence-electron chi connectivity index (χ4n) is 0.635. The molecule has 0 heterocycles. The molecule has 0 aromatic carbocycles. The van der Waals surface area contributed by atoms with Gasteiger partial charge in [0, 0.05) is 5.75 Å². The van der Waals surface area contributed by atoms with E-state index < -0.39 is 5.41 Å². The maximum Gasteiger partial charge on any atom is 0.367 e. The molecule has 0 saturated heterocycles. The topological polar surface area (TPSA) is 52.6 Å². The van der Waals surface area contributed by atoms with Crippen molar-refractivity contribution < 1.29 is 19.1 Å². The van der Waals surface area contributed by atoms with Crippen LogP contribution in [0, 0.1) is 5.41 Å². The summed E-state index contributed by atoms with van der Waals surface area (Å²) in [5.74, 6) is 0.391. The lowest BCUT2D eigenvalue weighted by atomic mass is 9.97. The minimum Gasteiger partial charge on any atom is -0.462 e. The summed E-state index contributed by atoms with van der Waals surface area (Å²) in [7, 11) is 0. The number of hydrogen-bond acceptors (Lipinski definition) is 5. The van der Waals surface area contributed by atoms with Crippen LogP contribution >= 0.6 is 11.8 Å². The minimum absolute atomic E-state index is 0.117. The van der Waals surface area contributed by atoms with E-state index in [1.165, 1.54) is 0 Å². The van der Waals surface area contributed by atoms with E-state index in [4.69, 9.17) is 9.47 Å². The van der Waals surface area contributed by atoms with Crippen molar-refractivity contribution in [1.82, 2.24) is 0 Å². The largest absolute Gasteiger partial charge is 0.462 e. The molecule has 0 aliphatic rings. The van der Waals surface area contributed by atoms with Crippen molar-refractivity contribution in [2.45, 2.75) is 27.7 Å². The minimum atomic E-state index is -0.512. The summed E-state index contributed by atoms with van der Waals surface area (Å²) >= 11 is 1.09. The molecule has 0 aliphatic carbocycles. The molecule has 0 unspecified atom stereocenters. The average Bonchev–Trinajstić information content (AvgIpc) is 2.11. The molecule has 5 heteroatoms. The molecule has 0 radical (unpaired) electrons. The molecule has 0 bridgehead atoms. The molecule has 0 fully saturated rings. The number of esters is 1. The molecule has 0 aliphatic heterocycles.